The Morgan fingerprint density at radius 2 is 1.93 bits per heavy atom. The molecule has 2 nitrogen and oxygen atoms in total. The minimum atomic E-state index is -0.484. The van der Waals surface area contributed by atoms with E-state index in [1.165, 1.54) is 14.0 Å². The first-order valence-corrected chi connectivity index (χ1v) is 5.18. The minimum Gasteiger partial charge on any atom is -0.489 e. The van der Waals surface area contributed by atoms with Crippen LogP contribution in [0.4, 0.5) is 0 Å². The molecule has 1 unspecified atom stereocenters. The number of Topliss-reactive ketones (excluding diaryl/α,β-unsaturated/α-hetero) is 1. The number of halogens is 1. The van der Waals surface area contributed by atoms with Crippen molar-refractivity contribution >= 4 is 34.7 Å². The molecule has 0 aliphatic heterocycles. The fourth-order valence-corrected chi connectivity index (χ4v) is 1.74. The third-order valence-corrected chi connectivity index (χ3v) is 2.70. The first-order valence-electron chi connectivity index (χ1n) is 4.40. The van der Waals surface area contributed by atoms with E-state index in [0.29, 0.717) is 5.02 Å². The summed E-state index contributed by atoms with van der Waals surface area (Å²) in [6.07, 6.45) is 0. The van der Waals surface area contributed by atoms with Gasteiger partial charge in [-0.2, -0.15) is 0 Å². The summed E-state index contributed by atoms with van der Waals surface area (Å²) in [6, 6.07) is 7.01. The van der Waals surface area contributed by atoms with Gasteiger partial charge in [-0.25, -0.2) is 0 Å². The van der Waals surface area contributed by atoms with Crippen LogP contribution in [-0.2, 0) is 9.53 Å². The van der Waals surface area contributed by atoms with Gasteiger partial charge in [0.1, 0.15) is 11.7 Å². The van der Waals surface area contributed by atoms with E-state index in [1.807, 2.05) is 0 Å². The molecule has 1 aromatic rings. The van der Waals surface area contributed by atoms with E-state index in [0.717, 1.165) is 5.56 Å². The average molecular weight is 243 g/mol. The molecule has 0 saturated heterocycles. The molecular weight excluding hydrogens is 232 g/mol. The molecule has 0 aliphatic rings. The smallest absolute Gasteiger partial charge is 0.174 e. The molecule has 0 heterocycles. The fraction of sp³-hybridized carbons (Fsp3) is 0.273. The van der Waals surface area contributed by atoms with Crippen molar-refractivity contribution in [2.75, 3.05) is 7.11 Å². The Bertz CT molecular complexity index is 373. The number of carbonyl (C=O) groups is 1. The highest BCUT2D eigenvalue weighted by atomic mass is 35.5. The molecule has 0 aromatic heterocycles. The quantitative estimate of drug-likeness (QED) is 0.763. The van der Waals surface area contributed by atoms with Crippen LogP contribution >= 0.6 is 23.8 Å². The zero-order chi connectivity index (χ0) is 11.4. The molecule has 0 N–H and O–H groups in total. The van der Waals surface area contributed by atoms with Crippen LogP contribution in [0.1, 0.15) is 18.4 Å². The molecule has 0 spiro atoms. The molecule has 1 rings (SSSR count). The van der Waals surface area contributed by atoms with Crippen molar-refractivity contribution in [1.29, 1.82) is 0 Å². The third kappa shape index (κ3) is 3.01. The van der Waals surface area contributed by atoms with Crippen molar-refractivity contribution in [3.8, 4) is 0 Å². The summed E-state index contributed by atoms with van der Waals surface area (Å²) in [6.45, 7) is 1.49. The zero-order valence-corrected chi connectivity index (χ0v) is 10.1. The molecule has 0 bridgehead atoms. The summed E-state index contributed by atoms with van der Waals surface area (Å²) < 4.78 is 4.94. The first kappa shape index (κ1) is 12.1. The number of rotatable bonds is 3. The average Bonchev–Trinajstić information content (AvgIpc) is 2.20. The predicted molar refractivity (Wildman–Crippen MR) is 64.5 cm³/mol. The SMILES string of the molecule is COC(=S)C(C(C)=O)c1ccc(Cl)cc1. The van der Waals surface area contributed by atoms with E-state index in [-0.39, 0.29) is 10.8 Å². The van der Waals surface area contributed by atoms with Gasteiger partial charge in [-0.05, 0) is 36.8 Å². The zero-order valence-electron chi connectivity index (χ0n) is 8.49. The largest absolute Gasteiger partial charge is 0.489 e. The monoisotopic (exact) mass is 242 g/mol. The molecule has 0 aliphatic carbocycles. The summed E-state index contributed by atoms with van der Waals surface area (Å²) in [5, 5.41) is 0.911. The molecule has 15 heavy (non-hydrogen) atoms. The molecule has 0 radical (unpaired) electrons. The molecule has 0 amide bonds. The number of benzene rings is 1. The lowest BCUT2D eigenvalue weighted by Gasteiger charge is -2.14. The number of ketones is 1. The van der Waals surface area contributed by atoms with Crippen molar-refractivity contribution in [3.63, 3.8) is 0 Å². The lowest BCUT2D eigenvalue weighted by atomic mass is 9.96. The maximum Gasteiger partial charge on any atom is 0.174 e. The number of thiocarbonyl (C=S) groups is 1. The van der Waals surface area contributed by atoms with E-state index in [1.54, 1.807) is 24.3 Å². The fourth-order valence-electron chi connectivity index (χ4n) is 1.31. The Balaban J connectivity index is 3.04. The molecule has 0 fully saturated rings. The highest BCUT2D eigenvalue weighted by molar-refractivity contribution is 7.80. The normalized spacial score (nSPS) is 11.9. The van der Waals surface area contributed by atoms with E-state index < -0.39 is 5.92 Å². The molecular formula is C11H11ClO2S. The van der Waals surface area contributed by atoms with Gasteiger partial charge in [-0.1, -0.05) is 23.7 Å². The Kier molecular flexibility index (Phi) is 4.24. The van der Waals surface area contributed by atoms with Gasteiger partial charge in [0.15, 0.2) is 5.05 Å². The van der Waals surface area contributed by atoms with Crippen LogP contribution in [-0.4, -0.2) is 17.9 Å². The van der Waals surface area contributed by atoms with Crippen LogP contribution in [0.25, 0.3) is 0 Å². The van der Waals surface area contributed by atoms with Crippen LogP contribution in [0, 0.1) is 0 Å². The van der Waals surface area contributed by atoms with Crippen LogP contribution in [0.3, 0.4) is 0 Å². The second kappa shape index (κ2) is 5.24. The van der Waals surface area contributed by atoms with Crippen molar-refractivity contribution in [2.45, 2.75) is 12.8 Å². The van der Waals surface area contributed by atoms with Gasteiger partial charge >= 0.3 is 0 Å². The topological polar surface area (TPSA) is 26.3 Å². The van der Waals surface area contributed by atoms with E-state index in [2.05, 4.69) is 0 Å². The summed E-state index contributed by atoms with van der Waals surface area (Å²) in [5.74, 6) is -0.522. The third-order valence-electron chi connectivity index (χ3n) is 2.05. The van der Waals surface area contributed by atoms with Crippen LogP contribution < -0.4 is 0 Å². The Labute approximate surface area is 99.2 Å². The second-order valence-electron chi connectivity index (χ2n) is 3.12. The van der Waals surface area contributed by atoms with Gasteiger partial charge in [0.25, 0.3) is 0 Å². The van der Waals surface area contributed by atoms with Crippen LogP contribution in [0.5, 0.6) is 0 Å². The highest BCUT2D eigenvalue weighted by Gasteiger charge is 2.22. The molecule has 1 atom stereocenters. The number of hydrogen-bond donors (Lipinski definition) is 0. The van der Waals surface area contributed by atoms with E-state index in [9.17, 15) is 4.79 Å². The Morgan fingerprint density at radius 1 is 1.40 bits per heavy atom. The number of hydrogen-bond acceptors (Lipinski definition) is 3. The lowest BCUT2D eigenvalue weighted by molar-refractivity contribution is -0.117. The summed E-state index contributed by atoms with van der Waals surface area (Å²) >= 11 is 10.8. The molecule has 80 valence electrons. The maximum atomic E-state index is 11.4. The van der Waals surface area contributed by atoms with Gasteiger partial charge in [0.2, 0.25) is 0 Å². The number of carbonyl (C=O) groups excluding carboxylic acids is 1. The van der Waals surface area contributed by atoms with E-state index >= 15 is 0 Å². The van der Waals surface area contributed by atoms with Crippen LogP contribution in [0.15, 0.2) is 24.3 Å². The molecule has 4 heteroatoms. The van der Waals surface area contributed by atoms with Gasteiger partial charge in [-0.15, -0.1) is 0 Å². The standard InChI is InChI=1S/C11H11ClO2S/c1-7(13)10(11(15)14-2)8-3-5-9(12)6-4-8/h3-6,10H,1-2H3. The van der Waals surface area contributed by atoms with Gasteiger partial charge in [0.05, 0.1) is 7.11 Å². The summed E-state index contributed by atoms with van der Waals surface area (Å²) in [5.41, 5.74) is 0.804. The second-order valence-corrected chi connectivity index (χ2v) is 3.96. The Morgan fingerprint density at radius 3 is 2.33 bits per heavy atom. The van der Waals surface area contributed by atoms with Crippen molar-refractivity contribution in [3.05, 3.63) is 34.9 Å². The number of ether oxygens (including phenoxy) is 1. The van der Waals surface area contributed by atoms with Crippen LogP contribution in [0.2, 0.25) is 5.02 Å². The maximum absolute atomic E-state index is 11.4. The predicted octanol–water partition coefficient (Wildman–Crippen LogP) is 2.99. The summed E-state index contributed by atoms with van der Waals surface area (Å²) in [7, 11) is 1.47. The van der Waals surface area contributed by atoms with Gasteiger partial charge < -0.3 is 4.74 Å². The molecule has 1 aromatic carbocycles. The van der Waals surface area contributed by atoms with Crippen molar-refractivity contribution < 1.29 is 9.53 Å². The number of methoxy groups -OCH3 is 1. The summed E-state index contributed by atoms with van der Waals surface area (Å²) in [4.78, 5) is 11.4. The minimum absolute atomic E-state index is 0.0378. The molecule has 0 saturated carbocycles. The van der Waals surface area contributed by atoms with E-state index in [4.69, 9.17) is 28.6 Å². The lowest BCUT2D eigenvalue weighted by Crippen LogP contribution is -2.19. The first-order chi connectivity index (χ1) is 7.06. The Hall–Kier alpha value is -0.930. The highest BCUT2D eigenvalue weighted by Crippen LogP contribution is 2.21. The van der Waals surface area contributed by atoms with Crippen molar-refractivity contribution in [1.82, 2.24) is 0 Å². The van der Waals surface area contributed by atoms with Crippen molar-refractivity contribution in [2.24, 2.45) is 0 Å². The van der Waals surface area contributed by atoms with Gasteiger partial charge in [0, 0.05) is 5.02 Å². The van der Waals surface area contributed by atoms with Gasteiger partial charge in [-0.3, -0.25) is 4.79 Å².